The van der Waals surface area contributed by atoms with Crippen LogP contribution in [0.2, 0.25) is 0 Å². The molecule has 0 saturated heterocycles. The van der Waals surface area contributed by atoms with Gasteiger partial charge in [0.05, 0.1) is 6.10 Å². The second-order valence-corrected chi connectivity index (χ2v) is 10.8. The number of aliphatic hydroxyl groups excluding tert-OH is 1. The minimum atomic E-state index is -0.335. The highest BCUT2D eigenvalue weighted by molar-refractivity contribution is 5.86. The Labute approximate surface area is 175 Å². The number of hydrogen-bond acceptors (Lipinski definition) is 5. The smallest absolute Gasteiger partial charge is 0.330 e. The van der Waals surface area contributed by atoms with E-state index in [1.807, 2.05) is 19.0 Å². The zero-order chi connectivity index (χ0) is 21.6. The van der Waals surface area contributed by atoms with Crippen molar-refractivity contribution in [1.29, 1.82) is 0 Å². The first-order valence-corrected chi connectivity index (χ1v) is 11.2. The Kier molecular flexibility index (Phi) is 6.31. The van der Waals surface area contributed by atoms with Crippen LogP contribution in [0.4, 0.5) is 0 Å². The van der Waals surface area contributed by atoms with Gasteiger partial charge in [-0.25, -0.2) is 4.79 Å². The number of rotatable bonds is 4. The van der Waals surface area contributed by atoms with Crippen molar-refractivity contribution in [2.45, 2.75) is 65.9 Å². The summed E-state index contributed by atoms with van der Waals surface area (Å²) in [5.74, 6) is 0.645. The molecule has 0 aromatic carbocycles. The molecule has 3 rings (SSSR count). The minimum absolute atomic E-state index is 0.0168. The molecule has 1 N–H and O–H groups in total. The van der Waals surface area contributed by atoms with Gasteiger partial charge >= 0.3 is 5.97 Å². The topological polar surface area (TPSA) is 66.8 Å². The third-order valence-electron chi connectivity index (χ3n) is 8.52. The standard InChI is InChI=1S/C24H39NO4/c1-15-16(13-21(28)29-12-11-25(5)6)7-8-17-22(15)18(26)14-19-23(2,3)20(27)9-10-24(17,19)4/h13,15,17,19-20,22,27H,7-12,14H2,1-6H3/b16-13-/t15-,17+,19-,20-,22+,24-/m0/s1. The van der Waals surface area contributed by atoms with Gasteiger partial charge in [-0.15, -0.1) is 0 Å². The second kappa shape index (κ2) is 8.14. The molecule has 0 spiro atoms. The van der Waals surface area contributed by atoms with Gasteiger partial charge in [0.15, 0.2) is 0 Å². The first-order valence-electron chi connectivity index (χ1n) is 11.2. The molecule has 0 heterocycles. The Bertz CT molecular complexity index is 682. The summed E-state index contributed by atoms with van der Waals surface area (Å²) in [6.45, 7) is 9.82. The Morgan fingerprint density at radius 3 is 2.62 bits per heavy atom. The number of nitrogens with zero attached hydrogens (tertiary/aromatic N) is 1. The SMILES string of the molecule is C[C@H]1/C(=C\C(=O)OCCN(C)C)CC[C@@H]2[C@@H]1C(=O)C[C@H]1C(C)(C)[C@@H](O)CC[C@@]21C. The number of allylic oxidation sites excluding steroid dienone is 1. The number of fused-ring (bicyclic) bond motifs is 3. The first-order chi connectivity index (χ1) is 13.5. The molecule has 5 nitrogen and oxygen atoms in total. The quantitative estimate of drug-likeness (QED) is 0.573. The van der Waals surface area contributed by atoms with E-state index in [4.69, 9.17) is 4.74 Å². The van der Waals surface area contributed by atoms with Gasteiger partial charge < -0.3 is 14.7 Å². The van der Waals surface area contributed by atoms with Gasteiger partial charge in [-0.3, -0.25) is 4.79 Å². The fraction of sp³-hybridized carbons (Fsp3) is 0.833. The molecule has 3 aliphatic carbocycles. The summed E-state index contributed by atoms with van der Waals surface area (Å²) in [6, 6.07) is 0. The lowest BCUT2D eigenvalue weighted by Gasteiger charge is -2.62. The van der Waals surface area contributed by atoms with Crippen molar-refractivity contribution < 1.29 is 19.4 Å². The predicted octanol–water partition coefficient (Wildman–Crippen LogP) is 3.46. The summed E-state index contributed by atoms with van der Waals surface area (Å²) in [5, 5.41) is 10.6. The van der Waals surface area contributed by atoms with Crippen LogP contribution in [-0.4, -0.2) is 55.1 Å². The molecule has 0 unspecified atom stereocenters. The van der Waals surface area contributed by atoms with Crippen molar-refractivity contribution in [2.75, 3.05) is 27.2 Å². The largest absolute Gasteiger partial charge is 0.461 e. The van der Waals surface area contributed by atoms with Crippen LogP contribution in [-0.2, 0) is 14.3 Å². The number of esters is 1. The molecule has 164 valence electrons. The number of Topliss-reactive ketones (excluding diaryl/α,β-unsaturated/α-hetero) is 1. The molecular weight excluding hydrogens is 366 g/mol. The molecule has 0 radical (unpaired) electrons. The fourth-order valence-corrected chi connectivity index (χ4v) is 6.63. The van der Waals surface area contributed by atoms with Crippen LogP contribution in [0.5, 0.6) is 0 Å². The van der Waals surface area contributed by atoms with Crippen LogP contribution in [0.1, 0.15) is 59.8 Å². The van der Waals surface area contributed by atoms with Crippen molar-refractivity contribution in [3.63, 3.8) is 0 Å². The van der Waals surface area contributed by atoms with Crippen LogP contribution in [0.25, 0.3) is 0 Å². The van der Waals surface area contributed by atoms with E-state index in [9.17, 15) is 14.7 Å². The highest BCUT2D eigenvalue weighted by Gasteiger charge is 2.61. The van der Waals surface area contributed by atoms with Crippen molar-refractivity contribution in [1.82, 2.24) is 4.90 Å². The Morgan fingerprint density at radius 2 is 1.97 bits per heavy atom. The maximum Gasteiger partial charge on any atom is 0.330 e. The van der Waals surface area contributed by atoms with Gasteiger partial charge in [0, 0.05) is 25.0 Å². The molecule has 0 amide bonds. The monoisotopic (exact) mass is 405 g/mol. The van der Waals surface area contributed by atoms with Gasteiger partial charge in [-0.2, -0.15) is 0 Å². The fourth-order valence-electron chi connectivity index (χ4n) is 6.63. The lowest BCUT2D eigenvalue weighted by atomic mass is 9.42. The van der Waals surface area contributed by atoms with E-state index in [-0.39, 0.29) is 40.7 Å². The number of hydrogen-bond donors (Lipinski definition) is 1. The number of carbonyl (C=O) groups is 2. The number of likely N-dealkylation sites (N-methyl/N-ethyl adjacent to an activating group) is 1. The van der Waals surface area contributed by atoms with E-state index >= 15 is 0 Å². The van der Waals surface area contributed by atoms with E-state index in [0.29, 0.717) is 31.3 Å². The van der Waals surface area contributed by atoms with Gasteiger partial charge in [-0.05, 0) is 68.4 Å². The molecule has 6 atom stereocenters. The van der Waals surface area contributed by atoms with Gasteiger partial charge in [-0.1, -0.05) is 33.3 Å². The first kappa shape index (κ1) is 22.5. The average Bonchev–Trinajstić information content (AvgIpc) is 2.63. The van der Waals surface area contributed by atoms with E-state index in [0.717, 1.165) is 31.3 Å². The van der Waals surface area contributed by atoms with E-state index in [1.165, 1.54) is 0 Å². The third-order valence-corrected chi connectivity index (χ3v) is 8.52. The number of ketones is 1. The van der Waals surface area contributed by atoms with Crippen molar-refractivity contribution >= 4 is 11.8 Å². The third kappa shape index (κ3) is 4.05. The molecule has 0 aliphatic heterocycles. The summed E-state index contributed by atoms with van der Waals surface area (Å²) in [4.78, 5) is 27.5. The average molecular weight is 406 g/mol. The molecule has 3 fully saturated rings. The highest BCUT2D eigenvalue weighted by Crippen LogP contribution is 2.63. The molecule has 0 aromatic heterocycles. The van der Waals surface area contributed by atoms with Crippen molar-refractivity contribution in [2.24, 2.45) is 34.5 Å². The molecule has 3 saturated carbocycles. The summed E-state index contributed by atoms with van der Waals surface area (Å²) in [5.41, 5.74) is 0.905. The molecular formula is C24H39NO4. The van der Waals surface area contributed by atoms with Crippen LogP contribution in [0.3, 0.4) is 0 Å². The molecule has 5 heteroatoms. The Morgan fingerprint density at radius 1 is 1.28 bits per heavy atom. The lowest BCUT2D eigenvalue weighted by molar-refractivity contribution is -0.172. The molecule has 0 aromatic rings. The van der Waals surface area contributed by atoms with Gasteiger partial charge in [0.25, 0.3) is 0 Å². The summed E-state index contributed by atoms with van der Waals surface area (Å²) >= 11 is 0. The number of carbonyl (C=O) groups excluding carboxylic acids is 2. The molecule has 0 bridgehead atoms. The lowest BCUT2D eigenvalue weighted by Crippen LogP contribution is -2.60. The molecule has 29 heavy (non-hydrogen) atoms. The van der Waals surface area contributed by atoms with E-state index in [1.54, 1.807) is 6.08 Å². The summed E-state index contributed by atoms with van der Waals surface area (Å²) < 4.78 is 5.34. The van der Waals surface area contributed by atoms with Crippen molar-refractivity contribution in [3.8, 4) is 0 Å². The Balaban J connectivity index is 1.78. The second-order valence-electron chi connectivity index (χ2n) is 10.8. The zero-order valence-electron chi connectivity index (χ0n) is 19.0. The predicted molar refractivity (Wildman–Crippen MR) is 113 cm³/mol. The summed E-state index contributed by atoms with van der Waals surface area (Å²) in [6.07, 6.45) is 5.44. The maximum atomic E-state index is 13.3. The van der Waals surface area contributed by atoms with Gasteiger partial charge in [0.2, 0.25) is 0 Å². The van der Waals surface area contributed by atoms with Crippen LogP contribution < -0.4 is 0 Å². The van der Waals surface area contributed by atoms with Crippen molar-refractivity contribution in [3.05, 3.63) is 11.6 Å². The van der Waals surface area contributed by atoms with E-state index < -0.39 is 0 Å². The molecule has 3 aliphatic rings. The van der Waals surface area contributed by atoms with Crippen LogP contribution >= 0.6 is 0 Å². The zero-order valence-corrected chi connectivity index (χ0v) is 19.0. The van der Waals surface area contributed by atoms with Crippen LogP contribution in [0.15, 0.2) is 11.6 Å². The normalized spacial score (nSPS) is 40.5. The van der Waals surface area contributed by atoms with Gasteiger partial charge in [0.1, 0.15) is 12.4 Å². The van der Waals surface area contributed by atoms with E-state index in [2.05, 4.69) is 27.7 Å². The number of aliphatic hydroxyl groups is 1. The maximum absolute atomic E-state index is 13.3. The Hall–Kier alpha value is -1.20. The minimum Gasteiger partial charge on any atom is -0.461 e. The highest BCUT2D eigenvalue weighted by atomic mass is 16.5. The number of ether oxygens (including phenoxy) is 1. The summed E-state index contributed by atoms with van der Waals surface area (Å²) in [7, 11) is 3.90. The van der Waals surface area contributed by atoms with Crippen LogP contribution in [0, 0.1) is 34.5 Å².